The zero-order valence-corrected chi connectivity index (χ0v) is 31.8. The van der Waals surface area contributed by atoms with Crippen LogP contribution < -0.4 is 21.3 Å². The average Bonchev–Trinajstić information content (AvgIpc) is 3.86. The van der Waals surface area contributed by atoms with Crippen molar-refractivity contribution in [3.05, 3.63) is 32.2 Å². The molecule has 50 heavy (non-hydrogen) atoms. The van der Waals surface area contributed by atoms with E-state index < -0.39 is 59.8 Å². The highest BCUT2D eigenvalue weighted by atomic mass is 32.1. The Morgan fingerprint density at radius 1 is 0.740 bits per heavy atom. The highest BCUT2D eigenvalue weighted by molar-refractivity contribution is 7.10. The van der Waals surface area contributed by atoms with Crippen LogP contribution in [0.2, 0.25) is 0 Å². The third-order valence-corrected chi connectivity index (χ3v) is 11.1. The Morgan fingerprint density at radius 2 is 1.24 bits per heavy atom. The molecule has 0 aromatic carbocycles. The standard InChI is InChI=1S/C34H48N8O6S2/c1-11-16(6)23-30-40-24(17(7)47-30)28(45)37-22(15(4)5)32-36-20(13-50-32)27(44)42-34(9,10)33-41-25(18(8)48-33)29(46)38-21(14(2)3)31-35-19(12-49-31)26(43)39-23/h12-18,21-25H,11H2,1-10H3,(H,37,45)(H,38,46)(H,39,43)(H,42,44)/t16-,17+,18+,21+,22+,23-,24-,25-/m0/s1. The van der Waals surface area contributed by atoms with Crippen LogP contribution in [0, 0.1) is 17.8 Å². The number of ether oxygens (including phenoxy) is 2. The van der Waals surface area contributed by atoms with Crippen molar-refractivity contribution in [1.82, 2.24) is 31.2 Å². The van der Waals surface area contributed by atoms with Crippen molar-refractivity contribution in [2.75, 3.05) is 0 Å². The van der Waals surface area contributed by atoms with E-state index in [0.29, 0.717) is 16.4 Å². The SMILES string of the molecule is CC[C@H](C)[C@@H]1NC(=O)c2csc(n2)[C@@H](C(C)C)NC(=O)[C@H]2N=C(O[C@@H]2C)C(C)(C)NC(=O)c2csc(n2)[C@@H](C(C)C)NC(=O)[C@H]2N=C1O[C@@H]2C. The van der Waals surface area contributed by atoms with Crippen LogP contribution in [0.25, 0.3) is 0 Å². The Balaban J connectivity index is 1.53. The Labute approximate surface area is 300 Å². The predicted octanol–water partition coefficient (Wildman–Crippen LogP) is 3.96. The van der Waals surface area contributed by atoms with Gasteiger partial charge in [0, 0.05) is 10.8 Å². The number of fused-ring (bicyclic) bond motifs is 6. The molecule has 272 valence electrons. The Kier molecular flexibility index (Phi) is 11.0. The van der Waals surface area contributed by atoms with Crippen LogP contribution in [0.15, 0.2) is 20.7 Å². The number of aromatic nitrogens is 2. The van der Waals surface area contributed by atoms with Crippen LogP contribution in [0.1, 0.15) is 119 Å². The highest BCUT2D eigenvalue weighted by Gasteiger charge is 2.43. The number of carbonyl (C=O) groups is 4. The number of aliphatic imine (C=N–C) groups is 2. The lowest BCUT2D eigenvalue weighted by Crippen LogP contribution is -2.50. The van der Waals surface area contributed by atoms with E-state index >= 15 is 0 Å². The second kappa shape index (κ2) is 14.7. The summed E-state index contributed by atoms with van der Waals surface area (Å²) in [5.41, 5.74) is -0.687. The topological polar surface area (TPSA) is 185 Å². The van der Waals surface area contributed by atoms with Gasteiger partial charge in [0.2, 0.25) is 23.6 Å². The molecule has 0 saturated heterocycles. The van der Waals surface area contributed by atoms with Crippen LogP contribution in [-0.4, -0.2) is 81.3 Å². The molecule has 0 radical (unpaired) electrons. The first-order chi connectivity index (χ1) is 23.5. The molecule has 14 nitrogen and oxygen atoms in total. The lowest BCUT2D eigenvalue weighted by molar-refractivity contribution is -0.125. The highest BCUT2D eigenvalue weighted by Crippen LogP contribution is 2.30. The molecule has 8 bridgehead atoms. The largest absolute Gasteiger partial charge is 0.474 e. The van der Waals surface area contributed by atoms with Crippen LogP contribution in [0.4, 0.5) is 0 Å². The van der Waals surface area contributed by atoms with E-state index in [4.69, 9.17) is 14.5 Å². The zero-order valence-electron chi connectivity index (χ0n) is 30.2. The number of hydrogen-bond acceptors (Lipinski definition) is 12. The van der Waals surface area contributed by atoms with Crippen molar-refractivity contribution in [1.29, 1.82) is 0 Å². The molecule has 0 aliphatic carbocycles. The first kappa shape index (κ1) is 37.3. The summed E-state index contributed by atoms with van der Waals surface area (Å²) in [5.74, 6) is -1.26. The quantitative estimate of drug-likeness (QED) is 0.365. The van der Waals surface area contributed by atoms with E-state index in [1.54, 1.807) is 38.5 Å². The van der Waals surface area contributed by atoms with Crippen LogP contribution in [-0.2, 0) is 19.1 Å². The number of amides is 4. The summed E-state index contributed by atoms with van der Waals surface area (Å²) in [6, 6.07) is -3.33. The zero-order chi connectivity index (χ0) is 36.7. The van der Waals surface area contributed by atoms with Gasteiger partial charge in [0.05, 0.1) is 12.1 Å². The van der Waals surface area contributed by atoms with Gasteiger partial charge in [0.15, 0.2) is 12.1 Å². The van der Waals surface area contributed by atoms with Gasteiger partial charge >= 0.3 is 0 Å². The summed E-state index contributed by atoms with van der Waals surface area (Å²) in [4.78, 5) is 73.0. The smallest absolute Gasteiger partial charge is 0.271 e. The van der Waals surface area contributed by atoms with Crippen molar-refractivity contribution in [2.24, 2.45) is 27.7 Å². The van der Waals surface area contributed by atoms with Crippen LogP contribution >= 0.6 is 22.7 Å². The third-order valence-electron chi connectivity index (χ3n) is 9.25. The summed E-state index contributed by atoms with van der Waals surface area (Å²) in [5, 5.41) is 16.6. The fraction of sp³-hybridized carbons (Fsp3) is 0.647. The fourth-order valence-corrected chi connectivity index (χ4v) is 7.95. The molecule has 2 aromatic rings. The maximum absolute atomic E-state index is 13.7. The van der Waals surface area contributed by atoms with Crippen molar-refractivity contribution in [2.45, 2.75) is 124 Å². The van der Waals surface area contributed by atoms with E-state index in [1.807, 2.05) is 41.5 Å². The summed E-state index contributed by atoms with van der Waals surface area (Å²) in [6.07, 6.45) is -0.467. The first-order valence-electron chi connectivity index (χ1n) is 17.1. The second-order valence-corrected chi connectivity index (χ2v) is 16.2. The number of rotatable bonds is 4. The first-order valence-corrected chi connectivity index (χ1v) is 18.9. The van der Waals surface area contributed by atoms with Gasteiger partial charge in [0.25, 0.3) is 11.8 Å². The van der Waals surface area contributed by atoms with Crippen LogP contribution in [0.5, 0.6) is 0 Å². The molecule has 0 saturated carbocycles. The summed E-state index contributed by atoms with van der Waals surface area (Å²) < 4.78 is 12.2. The molecule has 4 amide bonds. The molecule has 0 unspecified atom stereocenters. The Morgan fingerprint density at radius 3 is 1.76 bits per heavy atom. The normalized spacial score (nSPS) is 29.5. The maximum atomic E-state index is 13.7. The van der Waals surface area contributed by atoms with E-state index in [0.717, 1.165) is 0 Å². The van der Waals surface area contributed by atoms with Crippen molar-refractivity contribution in [3.63, 3.8) is 0 Å². The number of nitrogens with zero attached hydrogens (tertiary/aromatic N) is 4. The molecule has 3 aliphatic rings. The van der Waals surface area contributed by atoms with Gasteiger partial charge in [0.1, 0.15) is 45.2 Å². The van der Waals surface area contributed by atoms with E-state index in [-0.39, 0.29) is 52.8 Å². The van der Waals surface area contributed by atoms with Gasteiger partial charge in [-0.15, -0.1) is 22.7 Å². The average molecular weight is 729 g/mol. The molecule has 3 aliphatic heterocycles. The fourth-order valence-electron chi connectivity index (χ4n) is 5.91. The minimum absolute atomic E-state index is 0.0617. The summed E-state index contributed by atoms with van der Waals surface area (Å²) in [6.45, 7) is 18.8. The molecular formula is C34H48N8O6S2. The lowest BCUT2D eigenvalue weighted by atomic mass is 9.98. The molecule has 5 heterocycles. The Hall–Kier alpha value is -3.92. The van der Waals surface area contributed by atoms with Gasteiger partial charge in [-0.2, -0.15) is 0 Å². The van der Waals surface area contributed by atoms with Gasteiger partial charge in [-0.1, -0.05) is 48.0 Å². The predicted molar refractivity (Wildman–Crippen MR) is 191 cm³/mol. The minimum atomic E-state index is -1.07. The molecule has 4 N–H and O–H groups in total. The number of carbonyl (C=O) groups excluding carboxylic acids is 4. The van der Waals surface area contributed by atoms with Crippen molar-refractivity contribution >= 4 is 58.1 Å². The summed E-state index contributed by atoms with van der Waals surface area (Å²) in [7, 11) is 0. The van der Waals surface area contributed by atoms with Crippen molar-refractivity contribution in [3.8, 4) is 0 Å². The van der Waals surface area contributed by atoms with E-state index in [9.17, 15) is 19.2 Å². The number of nitrogens with one attached hydrogen (secondary N) is 4. The minimum Gasteiger partial charge on any atom is -0.474 e. The van der Waals surface area contributed by atoms with Gasteiger partial charge in [-0.25, -0.2) is 20.0 Å². The van der Waals surface area contributed by atoms with Gasteiger partial charge in [-0.05, 0) is 45.4 Å². The molecule has 8 atom stereocenters. The molecule has 16 heteroatoms. The number of hydrogen-bond donors (Lipinski definition) is 4. The van der Waals surface area contributed by atoms with E-state index in [2.05, 4.69) is 36.2 Å². The van der Waals surface area contributed by atoms with E-state index in [1.165, 1.54) is 22.7 Å². The second-order valence-electron chi connectivity index (χ2n) is 14.5. The molecular weight excluding hydrogens is 681 g/mol. The molecule has 0 fully saturated rings. The molecule has 5 rings (SSSR count). The van der Waals surface area contributed by atoms with Crippen molar-refractivity contribution < 1.29 is 28.7 Å². The number of thiazole rings is 2. The maximum Gasteiger partial charge on any atom is 0.271 e. The molecule has 2 aromatic heterocycles. The van der Waals surface area contributed by atoms with Gasteiger partial charge in [-0.3, -0.25) is 19.2 Å². The third kappa shape index (κ3) is 7.70. The summed E-state index contributed by atoms with van der Waals surface area (Å²) >= 11 is 2.55. The molecule has 0 spiro atoms. The Bertz CT molecular complexity index is 1680. The van der Waals surface area contributed by atoms with Gasteiger partial charge < -0.3 is 30.7 Å². The lowest BCUT2D eigenvalue weighted by Gasteiger charge is -2.25. The monoisotopic (exact) mass is 728 g/mol. The van der Waals surface area contributed by atoms with Crippen LogP contribution in [0.3, 0.4) is 0 Å².